The molecule has 6 nitrogen and oxygen atoms in total. The predicted molar refractivity (Wildman–Crippen MR) is 545 cm³/mol. The normalized spacial score (nSPS) is 11.7. The Morgan fingerprint density at radius 3 is 0.361 bits per heavy atom. The third-order valence-corrected chi connectivity index (χ3v) is 25.8. The first-order valence-corrected chi connectivity index (χ1v) is 54.4. The Morgan fingerprint density at radius 1 is 0.148 bits per heavy atom. The molecule has 0 unspecified atom stereocenters. The monoisotopic (exact) mass is 1690 g/mol. The van der Waals surface area contributed by atoms with E-state index in [2.05, 4.69) is 115 Å². The van der Waals surface area contributed by atoms with Gasteiger partial charge in [0.25, 0.3) is 0 Å². The molecule has 0 N–H and O–H groups in total. The van der Waals surface area contributed by atoms with Gasteiger partial charge in [0.05, 0.1) is 39.6 Å². The summed E-state index contributed by atoms with van der Waals surface area (Å²) in [6, 6.07) is 13.4. The van der Waals surface area contributed by atoms with E-state index >= 15 is 0 Å². The molecule has 0 aromatic heterocycles. The highest BCUT2D eigenvalue weighted by atomic mass is 16.5. The molecule has 0 spiro atoms. The van der Waals surface area contributed by atoms with Gasteiger partial charge in [0, 0.05) is 33.4 Å². The molecular weight excluding hydrogens is 1490 g/mol. The molecule has 0 heterocycles. The molecule has 702 valence electrons. The Kier molecular flexibility index (Phi) is 79.7. The molecule has 0 radical (unpaired) electrons. The minimum atomic E-state index is 0.653. The first kappa shape index (κ1) is 112. The van der Waals surface area contributed by atoms with E-state index in [-0.39, 0.29) is 0 Å². The Labute approximate surface area is 759 Å². The smallest absolute Gasteiger partial charge is 0.127 e. The summed E-state index contributed by atoms with van der Waals surface area (Å²) in [5, 5.41) is 0. The second kappa shape index (κ2) is 87.1. The van der Waals surface area contributed by atoms with Crippen LogP contribution in [-0.4, -0.2) is 39.6 Å². The SMILES string of the molecule is C=Cc1cc(OCCCCCCCCCCCCCCC)c(/C=C/c2cc(OCCCCCCCCCCCCCCC)c(/C=C/c3cc(OCCCCCCCCCCCCCCC)c(C=C)cc3OCCCCCCCCCCCCCCC)cc2OCCCCCCCCCCCCCCC)cc1OCCCCCCCCCCCCCCC. The van der Waals surface area contributed by atoms with E-state index in [0.717, 1.165) is 106 Å². The summed E-state index contributed by atoms with van der Waals surface area (Å²) < 4.78 is 41.7. The third kappa shape index (κ3) is 64.2. The van der Waals surface area contributed by atoms with E-state index in [0.29, 0.717) is 39.6 Å². The van der Waals surface area contributed by atoms with Crippen LogP contribution in [0.1, 0.15) is 576 Å². The van der Waals surface area contributed by atoms with Crippen molar-refractivity contribution in [3.63, 3.8) is 0 Å². The number of ether oxygens (including phenoxy) is 6. The maximum absolute atomic E-state index is 7.14. The highest BCUT2D eigenvalue weighted by molar-refractivity contribution is 5.82. The molecule has 0 fully saturated rings. The van der Waals surface area contributed by atoms with Gasteiger partial charge in [0.1, 0.15) is 34.5 Å². The van der Waals surface area contributed by atoms with E-state index < -0.39 is 0 Å². The van der Waals surface area contributed by atoms with Crippen molar-refractivity contribution in [1.29, 1.82) is 0 Å². The molecule has 0 aliphatic rings. The zero-order chi connectivity index (χ0) is 87.1. The van der Waals surface area contributed by atoms with Crippen LogP contribution in [-0.2, 0) is 0 Å². The van der Waals surface area contributed by atoms with Crippen molar-refractivity contribution in [3.05, 3.63) is 82.9 Å². The Morgan fingerprint density at radius 2 is 0.246 bits per heavy atom. The first-order chi connectivity index (χ1) is 60.5. The van der Waals surface area contributed by atoms with Gasteiger partial charge in [-0.2, -0.15) is 0 Å². The Hall–Kier alpha value is -4.58. The van der Waals surface area contributed by atoms with Crippen LogP contribution >= 0.6 is 0 Å². The van der Waals surface area contributed by atoms with Gasteiger partial charge < -0.3 is 28.4 Å². The van der Waals surface area contributed by atoms with Crippen molar-refractivity contribution >= 4 is 36.5 Å². The number of hydrogen-bond acceptors (Lipinski definition) is 6. The van der Waals surface area contributed by atoms with Gasteiger partial charge in [-0.1, -0.05) is 553 Å². The standard InChI is InChI=1S/C116H202O6/c1-9-17-23-29-35-41-47-53-59-65-71-77-83-93-117-111-101-107(113(99-105(111)15-7)119-95-85-79-73-67-61-55-49-43-37-31-25-19-11-3)89-91-109-103-116(122-98-88-82-76-70-64-58-52-46-40-34-28-22-14-6)110(104-115(109)121-97-87-81-75-69-63-57-51-45-39-33-27-21-13-5)92-90-108-102-112(118-94-84-78-72-66-60-54-48-42-36-30-24-18-10-2)106(16-8)100-114(108)120-96-86-80-74-68-62-56-50-44-38-32-26-20-12-4/h15-16,89-92,99-104H,7-14,17-88,93-98H2,1-6H3/b91-89+,92-90+. The van der Waals surface area contributed by atoms with E-state index in [1.165, 1.54) is 462 Å². The van der Waals surface area contributed by atoms with Gasteiger partial charge in [0.15, 0.2) is 0 Å². The van der Waals surface area contributed by atoms with Crippen LogP contribution in [0.3, 0.4) is 0 Å². The van der Waals surface area contributed by atoms with Gasteiger partial charge >= 0.3 is 0 Å². The largest absolute Gasteiger partial charge is 0.493 e. The first-order valence-electron chi connectivity index (χ1n) is 54.4. The van der Waals surface area contributed by atoms with Gasteiger partial charge in [-0.25, -0.2) is 0 Å². The fourth-order valence-electron chi connectivity index (χ4n) is 17.5. The van der Waals surface area contributed by atoms with Gasteiger partial charge in [-0.3, -0.25) is 0 Å². The van der Waals surface area contributed by atoms with E-state index in [1.807, 2.05) is 12.2 Å². The molecule has 3 aromatic carbocycles. The van der Waals surface area contributed by atoms with Crippen molar-refractivity contribution in [1.82, 2.24) is 0 Å². The number of unbranched alkanes of at least 4 members (excludes halogenated alkanes) is 72. The van der Waals surface area contributed by atoms with Crippen molar-refractivity contribution in [2.75, 3.05) is 39.6 Å². The fraction of sp³-hybridized carbons (Fsp3) is 0.776. The molecule has 0 aliphatic heterocycles. The lowest BCUT2D eigenvalue weighted by Gasteiger charge is -2.17. The van der Waals surface area contributed by atoms with Crippen molar-refractivity contribution < 1.29 is 28.4 Å². The number of rotatable bonds is 96. The average Bonchev–Trinajstić information content (AvgIpc) is 0.820. The molecular formula is C116H202O6. The van der Waals surface area contributed by atoms with Crippen LogP contribution in [0.25, 0.3) is 36.5 Å². The van der Waals surface area contributed by atoms with E-state index in [4.69, 9.17) is 28.4 Å². The molecule has 0 saturated heterocycles. The quantitative estimate of drug-likeness (QED) is 0.0415. The van der Waals surface area contributed by atoms with E-state index in [9.17, 15) is 0 Å². The highest BCUT2D eigenvalue weighted by Gasteiger charge is 2.17. The number of benzene rings is 3. The van der Waals surface area contributed by atoms with Gasteiger partial charge in [-0.15, -0.1) is 0 Å². The van der Waals surface area contributed by atoms with Crippen LogP contribution in [0.2, 0.25) is 0 Å². The lowest BCUT2D eigenvalue weighted by Crippen LogP contribution is -2.04. The molecule has 0 bridgehead atoms. The van der Waals surface area contributed by atoms with Crippen LogP contribution in [0.5, 0.6) is 34.5 Å². The summed E-state index contributed by atoms with van der Waals surface area (Å²) in [5.41, 5.74) is 5.99. The lowest BCUT2D eigenvalue weighted by molar-refractivity contribution is 0.295. The maximum atomic E-state index is 7.14. The van der Waals surface area contributed by atoms with Crippen LogP contribution in [0.4, 0.5) is 0 Å². The van der Waals surface area contributed by atoms with Crippen molar-refractivity contribution in [2.45, 2.75) is 542 Å². The summed E-state index contributed by atoms with van der Waals surface area (Å²) in [6.45, 7) is 26.6. The fourth-order valence-corrected chi connectivity index (χ4v) is 17.5. The summed E-state index contributed by atoms with van der Waals surface area (Å²) >= 11 is 0. The number of hydrogen-bond donors (Lipinski definition) is 0. The predicted octanol–water partition coefficient (Wildman–Crippen LogP) is 40.1. The third-order valence-electron chi connectivity index (χ3n) is 25.8. The lowest BCUT2D eigenvalue weighted by atomic mass is 10.0. The van der Waals surface area contributed by atoms with Gasteiger partial charge in [0.2, 0.25) is 0 Å². The Balaban J connectivity index is 2.10. The van der Waals surface area contributed by atoms with Gasteiger partial charge in [-0.05, 0) is 74.9 Å². The molecule has 122 heavy (non-hydrogen) atoms. The molecule has 0 atom stereocenters. The van der Waals surface area contributed by atoms with Crippen LogP contribution in [0.15, 0.2) is 49.6 Å². The molecule has 3 rings (SSSR count). The van der Waals surface area contributed by atoms with Crippen molar-refractivity contribution in [3.8, 4) is 34.5 Å². The highest BCUT2D eigenvalue weighted by Crippen LogP contribution is 2.39. The second-order valence-electron chi connectivity index (χ2n) is 37.4. The van der Waals surface area contributed by atoms with Crippen LogP contribution in [0, 0.1) is 0 Å². The molecule has 0 aliphatic carbocycles. The minimum absolute atomic E-state index is 0.653. The minimum Gasteiger partial charge on any atom is -0.493 e. The molecule has 3 aromatic rings. The summed E-state index contributed by atoms with van der Waals surface area (Å²) in [4.78, 5) is 0. The molecule has 0 saturated carbocycles. The maximum Gasteiger partial charge on any atom is 0.127 e. The van der Waals surface area contributed by atoms with Crippen molar-refractivity contribution in [2.24, 2.45) is 0 Å². The summed E-state index contributed by atoms with van der Waals surface area (Å²) in [7, 11) is 0. The summed E-state index contributed by atoms with van der Waals surface area (Å²) in [6.07, 6.45) is 116. The molecule has 0 amide bonds. The average molecular weight is 1690 g/mol. The zero-order valence-corrected chi connectivity index (χ0v) is 82.2. The molecule has 6 heteroatoms. The zero-order valence-electron chi connectivity index (χ0n) is 82.2. The topological polar surface area (TPSA) is 55.4 Å². The van der Waals surface area contributed by atoms with Crippen LogP contribution < -0.4 is 28.4 Å². The van der Waals surface area contributed by atoms with E-state index in [1.54, 1.807) is 0 Å². The second-order valence-corrected chi connectivity index (χ2v) is 37.4. The summed E-state index contributed by atoms with van der Waals surface area (Å²) in [5.74, 6) is 5.22. The Bertz CT molecular complexity index is 2640.